The van der Waals surface area contributed by atoms with Crippen LogP contribution in [0.5, 0.6) is 5.75 Å². The Labute approximate surface area is 145 Å². The second-order valence-electron chi connectivity index (χ2n) is 6.52. The lowest BCUT2D eigenvalue weighted by Gasteiger charge is -2.06. The van der Waals surface area contributed by atoms with Gasteiger partial charge in [-0.15, -0.1) is 0 Å². The Balaban J connectivity index is 1.67. The number of Topliss-reactive ketones (excluding diaryl/α,β-unsaturated/α-hetero) is 1. The van der Waals surface area contributed by atoms with E-state index in [9.17, 15) is 4.79 Å². The molecular formula is C21H30O3. The number of unbranched alkanes of at least 4 members (excludes halogenated alkanes) is 8. The highest BCUT2D eigenvalue weighted by Crippen LogP contribution is 2.29. The van der Waals surface area contributed by atoms with Crippen molar-refractivity contribution in [2.45, 2.75) is 71.6 Å². The van der Waals surface area contributed by atoms with Crippen molar-refractivity contribution in [2.24, 2.45) is 0 Å². The minimum absolute atomic E-state index is 0.0592. The molecule has 0 aliphatic carbocycles. The number of para-hydroxylation sites is 1. The largest absolute Gasteiger partial charge is 0.490 e. The Hall–Kier alpha value is -1.77. The second-order valence-corrected chi connectivity index (χ2v) is 6.52. The first-order valence-corrected chi connectivity index (χ1v) is 9.38. The Bertz CT molecular complexity index is 627. The van der Waals surface area contributed by atoms with E-state index in [-0.39, 0.29) is 5.78 Å². The minimum atomic E-state index is -0.0592. The van der Waals surface area contributed by atoms with E-state index in [2.05, 4.69) is 6.92 Å². The summed E-state index contributed by atoms with van der Waals surface area (Å²) in [6.45, 7) is 4.47. The van der Waals surface area contributed by atoms with Gasteiger partial charge in [-0.2, -0.15) is 0 Å². The van der Waals surface area contributed by atoms with Gasteiger partial charge in [-0.25, -0.2) is 0 Å². The van der Waals surface area contributed by atoms with Gasteiger partial charge >= 0.3 is 0 Å². The summed E-state index contributed by atoms with van der Waals surface area (Å²) in [5, 5.41) is 0.921. The summed E-state index contributed by atoms with van der Waals surface area (Å²) in [5.74, 6) is 1.07. The molecular weight excluding hydrogens is 300 g/mol. The fourth-order valence-corrected chi connectivity index (χ4v) is 2.92. The molecule has 0 fully saturated rings. The highest BCUT2D eigenvalue weighted by molar-refractivity contribution is 5.97. The van der Waals surface area contributed by atoms with Crippen LogP contribution >= 0.6 is 0 Å². The predicted molar refractivity (Wildman–Crippen MR) is 98.9 cm³/mol. The molecule has 1 aromatic carbocycles. The fraction of sp³-hybridized carbons (Fsp3) is 0.571. The van der Waals surface area contributed by atoms with Crippen LogP contribution in [-0.4, -0.2) is 12.4 Å². The molecule has 0 spiro atoms. The number of fused-ring (bicyclic) bond motifs is 1. The van der Waals surface area contributed by atoms with Crippen LogP contribution in [0.1, 0.15) is 82.2 Å². The van der Waals surface area contributed by atoms with Crippen LogP contribution in [-0.2, 0) is 0 Å². The quantitative estimate of drug-likeness (QED) is 0.327. The molecule has 0 unspecified atom stereocenters. The van der Waals surface area contributed by atoms with Crippen molar-refractivity contribution in [3.63, 3.8) is 0 Å². The molecule has 0 bridgehead atoms. The Morgan fingerprint density at radius 3 is 2.33 bits per heavy atom. The number of rotatable bonds is 12. The van der Waals surface area contributed by atoms with E-state index < -0.39 is 0 Å². The van der Waals surface area contributed by atoms with Gasteiger partial charge in [0, 0.05) is 12.3 Å². The van der Waals surface area contributed by atoms with Crippen LogP contribution in [0, 0.1) is 0 Å². The number of furan rings is 1. The van der Waals surface area contributed by atoms with Crippen LogP contribution in [0.25, 0.3) is 11.0 Å². The van der Waals surface area contributed by atoms with Crippen LogP contribution in [0.3, 0.4) is 0 Å². The predicted octanol–water partition coefficient (Wildman–Crippen LogP) is 6.55. The summed E-state index contributed by atoms with van der Waals surface area (Å²) in [4.78, 5) is 11.4. The summed E-state index contributed by atoms with van der Waals surface area (Å²) >= 11 is 0. The zero-order valence-corrected chi connectivity index (χ0v) is 15.1. The number of hydrogen-bond acceptors (Lipinski definition) is 3. The first kappa shape index (κ1) is 18.6. The Morgan fingerprint density at radius 2 is 1.67 bits per heavy atom. The lowest BCUT2D eigenvalue weighted by Crippen LogP contribution is -1.97. The number of ketones is 1. The van der Waals surface area contributed by atoms with Crippen LogP contribution in [0.4, 0.5) is 0 Å². The molecule has 0 saturated heterocycles. The summed E-state index contributed by atoms with van der Waals surface area (Å²) in [6.07, 6.45) is 11.7. The smallest absolute Gasteiger partial charge is 0.194 e. The van der Waals surface area contributed by atoms with Crippen molar-refractivity contribution in [1.29, 1.82) is 0 Å². The van der Waals surface area contributed by atoms with Crippen molar-refractivity contribution < 1.29 is 13.9 Å². The van der Waals surface area contributed by atoms with E-state index in [0.717, 1.165) is 17.6 Å². The molecule has 132 valence electrons. The highest BCUT2D eigenvalue weighted by Gasteiger charge is 2.11. The summed E-state index contributed by atoms with van der Waals surface area (Å²) in [5.41, 5.74) is 0.679. The molecule has 0 aliphatic rings. The first-order valence-electron chi connectivity index (χ1n) is 9.38. The highest BCUT2D eigenvalue weighted by atomic mass is 16.5. The lowest BCUT2D eigenvalue weighted by molar-refractivity contribution is 0.0989. The van der Waals surface area contributed by atoms with Gasteiger partial charge in [0.15, 0.2) is 22.9 Å². The van der Waals surface area contributed by atoms with Gasteiger partial charge in [0.2, 0.25) is 0 Å². The molecule has 0 saturated carbocycles. The van der Waals surface area contributed by atoms with E-state index in [4.69, 9.17) is 9.15 Å². The fourth-order valence-electron chi connectivity index (χ4n) is 2.92. The van der Waals surface area contributed by atoms with Crippen LogP contribution in [0.15, 0.2) is 28.7 Å². The third-order valence-corrected chi connectivity index (χ3v) is 4.36. The average Bonchev–Trinajstić information content (AvgIpc) is 3.02. The molecule has 3 nitrogen and oxygen atoms in total. The average molecular weight is 330 g/mol. The minimum Gasteiger partial charge on any atom is -0.490 e. The zero-order valence-electron chi connectivity index (χ0n) is 15.1. The summed E-state index contributed by atoms with van der Waals surface area (Å²) in [6, 6.07) is 7.57. The van der Waals surface area contributed by atoms with Crippen LogP contribution < -0.4 is 4.74 Å². The van der Waals surface area contributed by atoms with Gasteiger partial charge in [0.1, 0.15) is 0 Å². The van der Waals surface area contributed by atoms with Gasteiger partial charge in [-0.05, 0) is 18.6 Å². The van der Waals surface area contributed by atoms with Crippen molar-refractivity contribution >= 4 is 16.8 Å². The van der Waals surface area contributed by atoms with Crippen LogP contribution in [0.2, 0.25) is 0 Å². The normalized spacial score (nSPS) is 11.1. The topological polar surface area (TPSA) is 39.4 Å². The van der Waals surface area contributed by atoms with E-state index in [0.29, 0.717) is 18.0 Å². The third kappa shape index (κ3) is 5.70. The molecule has 3 heteroatoms. The van der Waals surface area contributed by atoms with E-state index in [1.165, 1.54) is 58.3 Å². The van der Waals surface area contributed by atoms with Gasteiger partial charge in [0.05, 0.1) is 6.61 Å². The Kier molecular flexibility index (Phi) is 7.87. The summed E-state index contributed by atoms with van der Waals surface area (Å²) in [7, 11) is 0. The molecule has 2 aromatic rings. The molecule has 0 N–H and O–H groups in total. The van der Waals surface area contributed by atoms with Gasteiger partial charge in [-0.1, -0.05) is 70.4 Å². The first-order chi connectivity index (χ1) is 11.7. The monoisotopic (exact) mass is 330 g/mol. The molecule has 0 atom stereocenters. The van der Waals surface area contributed by atoms with Gasteiger partial charge in [-0.3, -0.25) is 4.79 Å². The van der Waals surface area contributed by atoms with Crippen molar-refractivity contribution in [3.8, 4) is 5.75 Å². The molecule has 0 aliphatic heterocycles. The standard InChI is InChI=1S/C21H30O3/c1-3-4-5-6-7-8-9-10-11-15-23-19-14-12-13-18-16-20(17(2)22)24-21(18)19/h12-14,16H,3-11,15H2,1-2H3. The third-order valence-electron chi connectivity index (χ3n) is 4.36. The molecule has 1 aromatic heterocycles. The molecule has 2 rings (SSSR count). The molecule has 1 heterocycles. The number of benzene rings is 1. The Morgan fingerprint density at radius 1 is 1.00 bits per heavy atom. The number of hydrogen-bond donors (Lipinski definition) is 0. The zero-order chi connectivity index (χ0) is 17.2. The maximum absolute atomic E-state index is 11.4. The SMILES string of the molecule is CCCCCCCCCCCOc1cccc2cc(C(C)=O)oc12. The van der Waals surface area contributed by atoms with E-state index >= 15 is 0 Å². The van der Waals surface area contributed by atoms with Gasteiger partial charge in [0.25, 0.3) is 0 Å². The van der Waals surface area contributed by atoms with Crippen molar-refractivity contribution in [1.82, 2.24) is 0 Å². The second kappa shape index (κ2) is 10.2. The molecule has 24 heavy (non-hydrogen) atoms. The van der Waals surface area contributed by atoms with E-state index in [1.54, 1.807) is 6.07 Å². The number of ether oxygens (including phenoxy) is 1. The lowest BCUT2D eigenvalue weighted by atomic mass is 10.1. The van der Waals surface area contributed by atoms with Gasteiger partial charge < -0.3 is 9.15 Å². The maximum Gasteiger partial charge on any atom is 0.194 e. The molecule has 0 amide bonds. The maximum atomic E-state index is 11.4. The molecule has 0 radical (unpaired) electrons. The van der Waals surface area contributed by atoms with Crippen molar-refractivity contribution in [3.05, 3.63) is 30.0 Å². The van der Waals surface area contributed by atoms with E-state index in [1.807, 2.05) is 18.2 Å². The number of carbonyl (C=O) groups excluding carboxylic acids is 1. The summed E-state index contributed by atoms with van der Waals surface area (Å²) < 4.78 is 11.5. The number of carbonyl (C=O) groups is 1. The van der Waals surface area contributed by atoms with Crippen molar-refractivity contribution in [2.75, 3.05) is 6.61 Å².